The zero-order valence-corrected chi connectivity index (χ0v) is 14.7. The Morgan fingerprint density at radius 3 is 2.83 bits per heavy atom. The number of ketones is 2. The van der Waals surface area contributed by atoms with Crippen LogP contribution in [0.2, 0.25) is 0 Å². The van der Waals surface area contributed by atoms with Crippen LogP contribution in [-0.2, 0) is 0 Å². The summed E-state index contributed by atoms with van der Waals surface area (Å²) in [6.07, 6.45) is 3.89. The molecule has 0 atom stereocenters. The highest BCUT2D eigenvalue weighted by Crippen LogP contribution is 2.34. The van der Waals surface area contributed by atoms with Crippen molar-refractivity contribution in [1.29, 1.82) is 0 Å². The molecule has 5 nitrogen and oxygen atoms in total. The molecule has 4 rings (SSSR count). The van der Waals surface area contributed by atoms with Crippen LogP contribution >= 0.6 is 22.7 Å². The van der Waals surface area contributed by atoms with Crippen molar-refractivity contribution in [3.63, 3.8) is 0 Å². The molecular formula is C17H17N3O2S2. The number of carbonyl (C=O) groups is 2. The van der Waals surface area contributed by atoms with Gasteiger partial charge in [-0.05, 0) is 37.4 Å². The standard InChI is InChI=1S/C17H17N3O2S2/c21-12-10-11(18-5-8-20-6-1-2-7-20)15(22)16-14(12)19-17(24-16)13-4-3-9-23-13/h3-4,9-10,18H,1-2,5-8H2. The fourth-order valence-corrected chi connectivity index (χ4v) is 4.84. The average molecular weight is 359 g/mol. The molecule has 1 N–H and O–H groups in total. The lowest BCUT2D eigenvalue weighted by molar-refractivity contribution is 0.0978. The van der Waals surface area contributed by atoms with Crippen molar-refractivity contribution in [1.82, 2.24) is 15.2 Å². The third kappa shape index (κ3) is 2.94. The predicted molar refractivity (Wildman–Crippen MR) is 95.8 cm³/mol. The highest BCUT2D eigenvalue weighted by atomic mass is 32.1. The van der Waals surface area contributed by atoms with Crippen molar-refractivity contribution in [3.8, 4) is 9.88 Å². The molecular weight excluding hydrogens is 342 g/mol. The van der Waals surface area contributed by atoms with E-state index >= 15 is 0 Å². The van der Waals surface area contributed by atoms with Crippen molar-refractivity contribution in [2.75, 3.05) is 26.2 Å². The first-order valence-electron chi connectivity index (χ1n) is 8.04. The van der Waals surface area contributed by atoms with Crippen molar-refractivity contribution in [3.05, 3.63) is 39.9 Å². The highest BCUT2D eigenvalue weighted by Gasteiger charge is 2.30. The normalized spacial score (nSPS) is 17.9. The largest absolute Gasteiger partial charge is 0.380 e. The van der Waals surface area contributed by atoms with E-state index in [2.05, 4.69) is 15.2 Å². The Morgan fingerprint density at radius 2 is 2.08 bits per heavy atom. The van der Waals surface area contributed by atoms with E-state index in [-0.39, 0.29) is 11.6 Å². The van der Waals surface area contributed by atoms with Crippen LogP contribution in [-0.4, -0.2) is 47.6 Å². The third-order valence-electron chi connectivity index (χ3n) is 4.26. The molecule has 24 heavy (non-hydrogen) atoms. The molecule has 0 aromatic carbocycles. The molecule has 1 fully saturated rings. The van der Waals surface area contributed by atoms with Gasteiger partial charge in [-0.25, -0.2) is 4.98 Å². The van der Waals surface area contributed by atoms with Gasteiger partial charge in [0, 0.05) is 19.2 Å². The Bertz CT molecular complexity index is 802. The summed E-state index contributed by atoms with van der Waals surface area (Å²) in [6.45, 7) is 3.82. The van der Waals surface area contributed by atoms with E-state index in [0.717, 1.165) is 29.5 Å². The maximum atomic E-state index is 12.6. The van der Waals surface area contributed by atoms with E-state index in [1.807, 2.05) is 17.5 Å². The Morgan fingerprint density at radius 1 is 1.25 bits per heavy atom. The summed E-state index contributed by atoms with van der Waals surface area (Å²) >= 11 is 2.86. The molecule has 0 radical (unpaired) electrons. The number of likely N-dealkylation sites (tertiary alicyclic amines) is 1. The van der Waals surface area contributed by atoms with Gasteiger partial charge in [-0.3, -0.25) is 9.59 Å². The minimum Gasteiger partial charge on any atom is -0.380 e. The van der Waals surface area contributed by atoms with E-state index < -0.39 is 0 Å². The van der Waals surface area contributed by atoms with Gasteiger partial charge in [0.15, 0.2) is 0 Å². The number of nitrogens with zero attached hydrogens (tertiary/aromatic N) is 2. The van der Waals surface area contributed by atoms with Gasteiger partial charge in [0.05, 0.1) is 10.6 Å². The summed E-state index contributed by atoms with van der Waals surface area (Å²) in [7, 11) is 0. The maximum Gasteiger partial charge on any atom is 0.221 e. The molecule has 0 unspecified atom stereocenters. The number of fused-ring (bicyclic) bond motifs is 1. The van der Waals surface area contributed by atoms with Crippen LogP contribution in [0.5, 0.6) is 0 Å². The molecule has 1 aliphatic heterocycles. The maximum absolute atomic E-state index is 12.6. The summed E-state index contributed by atoms with van der Waals surface area (Å²) in [5.74, 6) is -0.307. The zero-order valence-electron chi connectivity index (χ0n) is 13.1. The fraction of sp³-hybridized carbons (Fsp3) is 0.353. The second-order valence-electron chi connectivity index (χ2n) is 5.90. The Labute approximate surface area is 148 Å². The van der Waals surface area contributed by atoms with Gasteiger partial charge >= 0.3 is 0 Å². The molecule has 0 saturated carbocycles. The number of aromatic nitrogens is 1. The number of hydrogen-bond donors (Lipinski definition) is 1. The van der Waals surface area contributed by atoms with Crippen LogP contribution in [0, 0.1) is 0 Å². The van der Waals surface area contributed by atoms with Gasteiger partial charge in [0.1, 0.15) is 15.6 Å². The number of carbonyl (C=O) groups excluding carboxylic acids is 2. The van der Waals surface area contributed by atoms with Gasteiger partial charge in [0.25, 0.3) is 0 Å². The molecule has 1 aliphatic carbocycles. The van der Waals surface area contributed by atoms with E-state index in [1.165, 1.54) is 30.3 Å². The van der Waals surface area contributed by atoms with E-state index in [4.69, 9.17) is 0 Å². The summed E-state index contributed by atoms with van der Waals surface area (Å²) in [5, 5.41) is 5.84. The Kier molecular flexibility index (Phi) is 4.30. The molecule has 0 amide bonds. The quantitative estimate of drug-likeness (QED) is 0.889. The average Bonchev–Trinajstić information content (AvgIpc) is 3.31. The minimum absolute atomic E-state index is 0.119. The lowest BCUT2D eigenvalue weighted by Crippen LogP contribution is -2.33. The molecule has 2 aliphatic rings. The lowest BCUT2D eigenvalue weighted by atomic mass is 10.0. The third-order valence-corrected chi connectivity index (χ3v) is 6.35. The summed E-state index contributed by atoms with van der Waals surface area (Å²) in [4.78, 5) is 33.2. The number of nitrogens with one attached hydrogen (secondary N) is 1. The first-order valence-corrected chi connectivity index (χ1v) is 9.73. The van der Waals surface area contributed by atoms with Crippen molar-refractivity contribution < 1.29 is 9.59 Å². The number of thiophene rings is 1. The summed E-state index contributed by atoms with van der Waals surface area (Å²) in [5.41, 5.74) is 0.687. The second-order valence-corrected chi connectivity index (χ2v) is 7.85. The SMILES string of the molecule is O=C1C=C(NCCN2CCCC2)C(=O)c2sc(-c3cccs3)nc21. The number of thiazole rings is 1. The second kappa shape index (κ2) is 6.58. The molecule has 3 heterocycles. The smallest absolute Gasteiger partial charge is 0.221 e. The number of hydrogen-bond acceptors (Lipinski definition) is 7. The Balaban J connectivity index is 1.48. The lowest BCUT2D eigenvalue weighted by Gasteiger charge is -2.17. The predicted octanol–water partition coefficient (Wildman–Crippen LogP) is 2.82. The van der Waals surface area contributed by atoms with Crippen molar-refractivity contribution in [2.24, 2.45) is 0 Å². The minimum atomic E-state index is -0.188. The first-order chi connectivity index (χ1) is 11.7. The molecule has 7 heteroatoms. The number of rotatable bonds is 5. The van der Waals surface area contributed by atoms with Gasteiger partial charge in [-0.2, -0.15) is 0 Å². The van der Waals surface area contributed by atoms with Crippen LogP contribution in [0.25, 0.3) is 9.88 Å². The van der Waals surface area contributed by atoms with Gasteiger partial charge in [-0.15, -0.1) is 22.7 Å². The molecule has 0 bridgehead atoms. The first kappa shape index (κ1) is 15.7. The van der Waals surface area contributed by atoms with Gasteiger partial charge < -0.3 is 10.2 Å². The van der Waals surface area contributed by atoms with Gasteiger partial charge in [0.2, 0.25) is 11.6 Å². The fourth-order valence-electron chi connectivity index (χ4n) is 3.02. The van der Waals surface area contributed by atoms with E-state index in [0.29, 0.717) is 22.8 Å². The van der Waals surface area contributed by atoms with Crippen LogP contribution < -0.4 is 5.32 Å². The van der Waals surface area contributed by atoms with Crippen LogP contribution in [0.3, 0.4) is 0 Å². The number of Topliss-reactive ketones (excluding diaryl/α,β-unsaturated/α-hetero) is 1. The van der Waals surface area contributed by atoms with Crippen molar-refractivity contribution >= 4 is 34.2 Å². The molecule has 1 saturated heterocycles. The van der Waals surface area contributed by atoms with Crippen LogP contribution in [0.4, 0.5) is 0 Å². The number of allylic oxidation sites excluding steroid dienone is 2. The zero-order chi connectivity index (χ0) is 16.5. The molecule has 2 aromatic heterocycles. The topological polar surface area (TPSA) is 62.3 Å². The molecule has 124 valence electrons. The summed E-state index contributed by atoms with van der Waals surface area (Å²) < 4.78 is 0. The monoisotopic (exact) mass is 359 g/mol. The summed E-state index contributed by atoms with van der Waals surface area (Å²) in [6, 6.07) is 3.89. The van der Waals surface area contributed by atoms with E-state index in [9.17, 15) is 9.59 Å². The van der Waals surface area contributed by atoms with Gasteiger partial charge in [-0.1, -0.05) is 6.07 Å². The van der Waals surface area contributed by atoms with Crippen LogP contribution in [0.15, 0.2) is 29.3 Å². The highest BCUT2D eigenvalue weighted by molar-refractivity contribution is 7.22. The molecule has 2 aromatic rings. The van der Waals surface area contributed by atoms with E-state index in [1.54, 1.807) is 11.3 Å². The van der Waals surface area contributed by atoms with Crippen LogP contribution in [0.1, 0.15) is 33.0 Å². The molecule has 0 spiro atoms. The Hall–Kier alpha value is -1.83. The van der Waals surface area contributed by atoms with Crippen molar-refractivity contribution in [2.45, 2.75) is 12.8 Å².